The lowest BCUT2D eigenvalue weighted by Crippen LogP contribution is -1.99. The third-order valence-corrected chi connectivity index (χ3v) is 4.82. The third kappa shape index (κ3) is 3.59. The van der Waals surface area contributed by atoms with Gasteiger partial charge in [-0.25, -0.2) is 9.97 Å². The summed E-state index contributed by atoms with van der Waals surface area (Å²) in [6.45, 7) is 2.77. The van der Waals surface area contributed by atoms with E-state index in [9.17, 15) is 0 Å². The zero-order chi connectivity index (χ0) is 17.1. The summed E-state index contributed by atoms with van der Waals surface area (Å²) in [5.74, 6) is 0.763. The first-order valence-electron chi connectivity index (χ1n) is 7.99. The van der Waals surface area contributed by atoms with Gasteiger partial charge in [-0.3, -0.25) is 5.10 Å². The van der Waals surface area contributed by atoms with Crippen molar-refractivity contribution in [1.29, 1.82) is 0 Å². The predicted molar refractivity (Wildman–Crippen MR) is 101 cm³/mol. The highest BCUT2D eigenvalue weighted by atomic mass is 32.1. The van der Waals surface area contributed by atoms with Gasteiger partial charge in [0.05, 0.1) is 12.2 Å². The zero-order valence-corrected chi connectivity index (χ0v) is 14.5. The molecule has 4 rings (SSSR count). The fourth-order valence-corrected chi connectivity index (χ4v) is 3.36. The summed E-state index contributed by atoms with van der Waals surface area (Å²) in [7, 11) is 0. The number of hydrogen-bond acceptors (Lipinski definition) is 5. The second-order valence-corrected chi connectivity index (χ2v) is 6.64. The topological polar surface area (TPSA) is 66.5 Å². The molecule has 2 N–H and O–H groups in total. The van der Waals surface area contributed by atoms with Crippen LogP contribution in [-0.4, -0.2) is 20.2 Å². The number of anilines is 1. The molecule has 0 unspecified atom stereocenters. The van der Waals surface area contributed by atoms with E-state index in [0.29, 0.717) is 6.54 Å². The number of rotatable bonds is 5. The van der Waals surface area contributed by atoms with E-state index in [2.05, 4.69) is 57.1 Å². The van der Waals surface area contributed by atoms with Crippen LogP contribution >= 0.6 is 11.3 Å². The van der Waals surface area contributed by atoms with Gasteiger partial charge in [-0.1, -0.05) is 42.0 Å². The second-order valence-electron chi connectivity index (χ2n) is 5.78. The summed E-state index contributed by atoms with van der Waals surface area (Å²) in [6, 6.07) is 16.6. The van der Waals surface area contributed by atoms with Crippen LogP contribution in [-0.2, 0) is 6.54 Å². The molecule has 0 bridgehead atoms. The average Bonchev–Trinajstić information content (AvgIpc) is 3.33. The van der Waals surface area contributed by atoms with Gasteiger partial charge in [-0.2, -0.15) is 5.10 Å². The van der Waals surface area contributed by atoms with Crippen LogP contribution in [0.25, 0.3) is 22.0 Å². The Morgan fingerprint density at radius 1 is 1.08 bits per heavy atom. The van der Waals surface area contributed by atoms with E-state index in [0.717, 1.165) is 33.3 Å². The normalized spacial score (nSPS) is 10.8. The molecule has 0 saturated heterocycles. The minimum atomic E-state index is 0.683. The SMILES string of the molecule is Cc1ccc(-c2nc(CNc3cccc(-c4ncn[nH]4)c3)cs2)cc1. The average molecular weight is 347 g/mol. The van der Waals surface area contributed by atoms with Gasteiger partial charge in [0, 0.05) is 22.2 Å². The summed E-state index contributed by atoms with van der Waals surface area (Å²) >= 11 is 1.67. The maximum absolute atomic E-state index is 4.73. The fraction of sp³-hybridized carbons (Fsp3) is 0.105. The Balaban J connectivity index is 1.45. The smallest absolute Gasteiger partial charge is 0.155 e. The van der Waals surface area contributed by atoms with Crippen molar-refractivity contribution < 1.29 is 0 Å². The molecule has 6 heteroatoms. The van der Waals surface area contributed by atoms with E-state index in [4.69, 9.17) is 4.98 Å². The lowest BCUT2D eigenvalue weighted by Gasteiger charge is -2.06. The van der Waals surface area contributed by atoms with Gasteiger partial charge in [0.25, 0.3) is 0 Å². The number of aromatic amines is 1. The largest absolute Gasteiger partial charge is 0.379 e. The van der Waals surface area contributed by atoms with Crippen LogP contribution < -0.4 is 5.32 Å². The molecular weight excluding hydrogens is 330 g/mol. The maximum atomic E-state index is 4.73. The zero-order valence-electron chi connectivity index (χ0n) is 13.7. The predicted octanol–water partition coefficient (Wildman–Crippen LogP) is 4.52. The molecular formula is C19H17N5S. The van der Waals surface area contributed by atoms with Crippen molar-refractivity contribution in [3.63, 3.8) is 0 Å². The van der Waals surface area contributed by atoms with Gasteiger partial charge < -0.3 is 5.32 Å². The van der Waals surface area contributed by atoms with Gasteiger partial charge in [-0.15, -0.1) is 11.3 Å². The van der Waals surface area contributed by atoms with Crippen LogP contribution in [0.15, 0.2) is 60.2 Å². The van der Waals surface area contributed by atoms with Crippen molar-refractivity contribution >= 4 is 17.0 Å². The molecule has 0 aliphatic rings. The number of benzene rings is 2. The highest BCUT2D eigenvalue weighted by Gasteiger charge is 2.06. The van der Waals surface area contributed by atoms with Crippen LogP contribution in [0, 0.1) is 6.92 Å². The number of thiazole rings is 1. The molecule has 2 aromatic heterocycles. The summed E-state index contributed by atoms with van der Waals surface area (Å²) in [6.07, 6.45) is 1.51. The Hall–Kier alpha value is -2.99. The number of aryl methyl sites for hydroxylation is 1. The lowest BCUT2D eigenvalue weighted by atomic mass is 10.2. The molecule has 2 heterocycles. The minimum absolute atomic E-state index is 0.683. The molecule has 0 radical (unpaired) electrons. The Morgan fingerprint density at radius 2 is 1.96 bits per heavy atom. The number of nitrogens with zero attached hydrogens (tertiary/aromatic N) is 3. The van der Waals surface area contributed by atoms with Crippen LogP contribution in [0.2, 0.25) is 0 Å². The van der Waals surface area contributed by atoms with E-state index in [1.54, 1.807) is 11.3 Å². The Morgan fingerprint density at radius 3 is 2.76 bits per heavy atom. The second kappa shape index (κ2) is 6.86. The molecule has 4 aromatic rings. The minimum Gasteiger partial charge on any atom is -0.379 e. The highest BCUT2D eigenvalue weighted by Crippen LogP contribution is 2.25. The quantitative estimate of drug-likeness (QED) is 0.557. The van der Waals surface area contributed by atoms with Gasteiger partial charge in [0.15, 0.2) is 5.82 Å². The van der Waals surface area contributed by atoms with Crippen molar-refractivity contribution in [2.45, 2.75) is 13.5 Å². The molecule has 124 valence electrons. The molecule has 0 saturated carbocycles. The van der Waals surface area contributed by atoms with Crippen LogP contribution in [0.5, 0.6) is 0 Å². The Labute approximate surface area is 149 Å². The van der Waals surface area contributed by atoms with Crippen LogP contribution in [0.1, 0.15) is 11.3 Å². The molecule has 0 spiro atoms. The van der Waals surface area contributed by atoms with Gasteiger partial charge >= 0.3 is 0 Å². The van der Waals surface area contributed by atoms with Gasteiger partial charge in [0.1, 0.15) is 11.3 Å². The molecule has 5 nitrogen and oxygen atoms in total. The van der Waals surface area contributed by atoms with E-state index < -0.39 is 0 Å². The molecule has 0 amide bonds. The lowest BCUT2D eigenvalue weighted by molar-refractivity contribution is 1.07. The number of H-pyrrole nitrogens is 1. The molecule has 0 atom stereocenters. The van der Waals surface area contributed by atoms with E-state index in [1.807, 2.05) is 24.3 Å². The molecule has 25 heavy (non-hydrogen) atoms. The maximum Gasteiger partial charge on any atom is 0.155 e. The number of hydrogen-bond donors (Lipinski definition) is 2. The van der Waals surface area contributed by atoms with Crippen molar-refractivity contribution in [3.05, 3.63) is 71.5 Å². The molecule has 2 aromatic carbocycles. The van der Waals surface area contributed by atoms with Crippen molar-refractivity contribution in [1.82, 2.24) is 20.2 Å². The van der Waals surface area contributed by atoms with Gasteiger partial charge in [0.2, 0.25) is 0 Å². The van der Waals surface area contributed by atoms with E-state index in [-0.39, 0.29) is 0 Å². The number of aromatic nitrogens is 4. The molecule has 0 aliphatic carbocycles. The first-order valence-corrected chi connectivity index (χ1v) is 8.87. The Kier molecular flexibility index (Phi) is 4.26. The standard InChI is InChI=1S/C19H17N5S/c1-13-5-7-14(8-6-13)19-23-17(11-25-19)10-20-16-4-2-3-15(9-16)18-21-12-22-24-18/h2-9,11-12,20H,10H2,1H3,(H,21,22,24). The number of nitrogens with one attached hydrogen (secondary N) is 2. The van der Waals surface area contributed by atoms with Crippen LogP contribution in [0.4, 0.5) is 5.69 Å². The van der Waals surface area contributed by atoms with Crippen molar-refractivity contribution in [3.8, 4) is 22.0 Å². The van der Waals surface area contributed by atoms with Crippen LogP contribution in [0.3, 0.4) is 0 Å². The molecule has 0 aliphatic heterocycles. The monoisotopic (exact) mass is 347 g/mol. The highest BCUT2D eigenvalue weighted by molar-refractivity contribution is 7.13. The molecule has 0 fully saturated rings. The van der Waals surface area contributed by atoms with E-state index >= 15 is 0 Å². The Bertz CT molecular complexity index is 958. The van der Waals surface area contributed by atoms with E-state index in [1.165, 1.54) is 11.9 Å². The van der Waals surface area contributed by atoms with Crippen molar-refractivity contribution in [2.75, 3.05) is 5.32 Å². The summed E-state index contributed by atoms with van der Waals surface area (Å²) in [4.78, 5) is 8.91. The summed E-state index contributed by atoms with van der Waals surface area (Å²) in [5, 5.41) is 13.3. The first kappa shape index (κ1) is 15.5. The third-order valence-electron chi connectivity index (χ3n) is 3.87. The van der Waals surface area contributed by atoms with Crippen molar-refractivity contribution in [2.24, 2.45) is 0 Å². The summed E-state index contributed by atoms with van der Waals surface area (Å²) < 4.78 is 0. The fourth-order valence-electron chi connectivity index (χ4n) is 2.53. The van der Waals surface area contributed by atoms with Gasteiger partial charge in [-0.05, 0) is 19.1 Å². The first-order chi connectivity index (χ1) is 12.3. The summed E-state index contributed by atoms with van der Waals surface area (Å²) in [5.41, 5.74) is 5.48.